The molecule has 0 saturated carbocycles. The van der Waals surface area contributed by atoms with Gasteiger partial charge < -0.3 is 35.4 Å². The van der Waals surface area contributed by atoms with Gasteiger partial charge in [0.15, 0.2) is 0 Å². The molecule has 0 rings (SSSR count). The van der Waals surface area contributed by atoms with E-state index < -0.39 is 37.0 Å². The summed E-state index contributed by atoms with van der Waals surface area (Å²) < 4.78 is 0. The van der Waals surface area contributed by atoms with Gasteiger partial charge in [-0.25, -0.2) is 0 Å². The smallest absolute Gasteiger partial charge is 0.846 e. The van der Waals surface area contributed by atoms with Gasteiger partial charge in [0.25, 0.3) is 0 Å². The maximum atomic E-state index is 10.5. The fraction of sp³-hybridized carbons (Fsp3) is 0.833. The Hall–Kier alpha value is 1.91. The number of rotatable bonds is 5. The average Bonchev–Trinajstić information content (AvgIpc) is 2.12. The van der Waals surface area contributed by atoms with Gasteiger partial charge in [-0.05, 0) is 0 Å². The first-order valence-corrected chi connectivity index (χ1v) is 3.43. The van der Waals surface area contributed by atoms with E-state index in [-0.39, 0.29) is 80.9 Å². The minimum Gasteiger partial charge on any atom is -0.846 e. The Morgan fingerprint density at radius 2 is 1.60 bits per heavy atom. The Kier molecular flexibility index (Phi) is 16.3. The number of hydrogen-bond acceptors (Lipinski definition) is 7. The maximum Gasteiger partial charge on any atom is 1.00 e. The van der Waals surface area contributed by atoms with Gasteiger partial charge in [0.2, 0.25) is 0 Å². The van der Waals surface area contributed by atoms with Gasteiger partial charge in [0, 0.05) is 5.97 Å². The molecule has 0 fully saturated rings. The molecule has 0 aliphatic carbocycles. The van der Waals surface area contributed by atoms with Crippen molar-refractivity contribution in [3.63, 3.8) is 0 Å². The largest absolute Gasteiger partial charge is 1.00 e. The molecule has 0 aromatic rings. The minimum atomic E-state index is -2.56. The number of carboxylic acid groups (broad SMARTS) is 1. The molecule has 0 heterocycles. The quantitative estimate of drug-likeness (QED) is 0.357. The molecule has 0 amide bonds. The van der Waals surface area contributed by atoms with Gasteiger partial charge in [-0.1, -0.05) is 6.10 Å². The van der Waals surface area contributed by atoms with Crippen LogP contribution in [0.4, 0.5) is 0 Å². The van der Waals surface area contributed by atoms with Crippen LogP contribution in [0.1, 0.15) is 0 Å². The second kappa shape index (κ2) is 11.0. The van der Waals surface area contributed by atoms with Crippen molar-refractivity contribution in [2.24, 2.45) is 0 Å². The van der Waals surface area contributed by atoms with Crippen LogP contribution in [-0.4, -0.2) is 57.4 Å². The SMILES string of the molecule is O=C([O-])[C@H]([O-])[C@@H](O)[C@H](O)[C@H](O)CO.[K+].[Na+]. The summed E-state index contributed by atoms with van der Waals surface area (Å²) in [6.45, 7) is -0.891. The van der Waals surface area contributed by atoms with Gasteiger partial charge in [-0.3, -0.25) is 0 Å². The second-order valence-electron chi connectivity index (χ2n) is 2.47. The van der Waals surface area contributed by atoms with Gasteiger partial charge in [-0.15, -0.1) is 0 Å². The molecule has 0 aromatic heterocycles. The van der Waals surface area contributed by atoms with E-state index in [2.05, 4.69) is 0 Å². The third-order valence-electron chi connectivity index (χ3n) is 1.47. The fourth-order valence-electron chi connectivity index (χ4n) is 0.654. The number of hydrogen-bond donors (Lipinski definition) is 4. The van der Waals surface area contributed by atoms with E-state index in [4.69, 9.17) is 20.4 Å². The van der Waals surface area contributed by atoms with Crippen LogP contribution < -0.4 is 91.2 Å². The first kappa shape index (κ1) is 22.1. The standard InChI is InChI=1S/C6H11O7.K.Na/c7-1-2(8)3(9)4(10)5(11)6(12)13;;/h2-5,7-10H,1H2,(H,12,13);;/q-1;2*+1/p-1/t2-,3-,4+,5-;;/m1../s1. The molecular formula is C6H10KNaO7. The van der Waals surface area contributed by atoms with Crippen LogP contribution in [0.2, 0.25) is 0 Å². The molecule has 0 aliphatic heterocycles. The number of aliphatic hydroxyl groups excluding tert-OH is 4. The Balaban J connectivity index is -0.000000720. The molecule has 0 aliphatic rings. The van der Waals surface area contributed by atoms with Crippen molar-refractivity contribution in [2.75, 3.05) is 6.61 Å². The summed E-state index contributed by atoms with van der Waals surface area (Å²) >= 11 is 0. The zero-order chi connectivity index (χ0) is 10.6. The summed E-state index contributed by atoms with van der Waals surface area (Å²) in [7, 11) is 0. The van der Waals surface area contributed by atoms with Crippen LogP contribution in [0.5, 0.6) is 0 Å². The van der Waals surface area contributed by atoms with Crippen molar-refractivity contribution in [1.82, 2.24) is 0 Å². The average molecular weight is 256 g/mol. The van der Waals surface area contributed by atoms with E-state index in [0.717, 1.165) is 0 Å². The molecule has 0 aromatic carbocycles. The Morgan fingerprint density at radius 1 is 1.20 bits per heavy atom. The third kappa shape index (κ3) is 7.76. The molecule has 7 nitrogen and oxygen atoms in total. The monoisotopic (exact) mass is 256 g/mol. The molecule has 0 spiro atoms. The number of carbonyl (C=O) groups excluding carboxylic acids is 1. The van der Waals surface area contributed by atoms with Crippen LogP contribution in [0.25, 0.3) is 0 Å². The Morgan fingerprint density at radius 3 is 1.87 bits per heavy atom. The van der Waals surface area contributed by atoms with Gasteiger partial charge in [0.05, 0.1) is 12.7 Å². The van der Waals surface area contributed by atoms with Crippen molar-refractivity contribution < 1.29 is 116 Å². The number of aliphatic hydroxyl groups is 4. The maximum absolute atomic E-state index is 10.5. The van der Waals surface area contributed by atoms with Crippen molar-refractivity contribution in [2.45, 2.75) is 24.4 Å². The molecule has 15 heavy (non-hydrogen) atoms. The van der Waals surface area contributed by atoms with E-state index >= 15 is 0 Å². The summed E-state index contributed by atoms with van der Waals surface area (Å²) in [5.41, 5.74) is 0. The molecule has 0 bridgehead atoms. The molecule has 0 saturated heterocycles. The number of carboxylic acids is 1. The van der Waals surface area contributed by atoms with E-state index in [9.17, 15) is 15.0 Å². The van der Waals surface area contributed by atoms with E-state index in [0.29, 0.717) is 0 Å². The first-order valence-electron chi connectivity index (χ1n) is 3.43. The van der Waals surface area contributed by atoms with E-state index in [1.54, 1.807) is 0 Å². The van der Waals surface area contributed by atoms with Crippen molar-refractivity contribution in [3.8, 4) is 0 Å². The van der Waals surface area contributed by atoms with Crippen LogP contribution in [0.3, 0.4) is 0 Å². The summed E-state index contributed by atoms with van der Waals surface area (Å²) in [6.07, 6.45) is -8.54. The van der Waals surface area contributed by atoms with Crippen LogP contribution in [-0.2, 0) is 4.79 Å². The number of carbonyl (C=O) groups is 1. The first-order chi connectivity index (χ1) is 5.91. The zero-order valence-corrected chi connectivity index (χ0v) is 13.7. The summed E-state index contributed by atoms with van der Waals surface area (Å²) in [5.74, 6) is -2.09. The van der Waals surface area contributed by atoms with Crippen molar-refractivity contribution in [1.29, 1.82) is 0 Å². The Bertz CT molecular complexity index is 181. The fourth-order valence-corrected chi connectivity index (χ4v) is 0.654. The van der Waals surface area contributed by atoms with E-state index in [1.165, 1.54) is 0 Å². The molecule has 4 atom stereocenters. The molecule has 0 radical (unpaired) electrons. The van der Waals surface area contributed by atoms with Gasteiger partial charge in [0.1, 0.15) is 12.2 Å². The van der Waals surface area contributed by atoms with Crippen molar-refractivity contribution >= 4 is 5.97 Å². The van der Waals surface area contributed by atoms with Gasteiger partial charge in [-0.2, -0.15) is 0 Å². The molecule has 78 valence electrons. The summed E-state index contributed by atoms with van der Waals surface area (Å²) in [6, 6.07) is 0. The molecular weight excluding hydrogens is 246 g/mol. The van der Waals surface area contributed by atoms with Crippen LogP contribution in [0.15, 0.2) is 0 Å². The zero-order valence-electron chi connectivity index (χ0n) is 8.53. The van der Waals surface area contributed by atoms with Crippen molar-refractivity contribution in [3.05, 3.63) is 0 Å². The van der Waals surface area contributed by atoms with Gasteiger partial charge >= 0.3 is 80.9 Å². The minimum absolute atomic E-state index is 0. The van der Waals surface area contributed by atoms with E-state index in [1.807, 2.05) is 0 Å². The molecule has 9 heteroatoms. The third-order valence-corrected chi connectivity index (χ3v) is 1.47. The number of aliphatic carboxylic acids is 1. The summed E-state index contributed by atoms with van der Waals surface area (Å²) in [4.78, 5) is 9.92. The topological polar surface area (TPSA) is 144 Å². The van der Waals surface area contributed by atoms with Crippen LogP contribution >= 0.6 is 0 Å². The predicted octanol–water partition coefficient (Wildman–Crippen LogP) is -11.5. The Labute approximate surface area is 151 Å². The van der Waals surface area contributed by atoms with Crippen LogP contribution in [0, 0.1) is 0 Å². The normalized spacial score (nSPS) is 17.7. The predicted molar refractivity (Wildman–Crippen MR) is 33.9 cm³/mol. The second-order valence-corrected chi connectivity index (χ2v) is 2.47. The molecule has 4 N–H and O–H groups in total. The molecule has 0 unspecified atom stereocenters. The summed E-state index contributed by atoms with van der Waals surface area (Å²) in [5, 5.41) is 55.1.